The molecule has 32 valence electrons. The normalized spacial score (nSPS) is 17.3. The molecule has 0 unspecified atom stereocenters. The predicted molar refractivity (Wildman–Crippen MR) is 22.0 cm³/mol. The van der Waals surface area contributed by atoms with Crippen LogP contribution in [0.3, 0.4) is 0 Å². The van der Waals surface area contributed by atoms with Crippen molar-refractivity contribution in [3.05, 3.63) is 12.3 Å². The fourth-order valence-electron chi connectivity index (χ4n) is 0.268. The van der Waals surface area contributed by atoms with Crippen LogP contribution >= 0.6 is 0 Å². The summed E-state index contributed by atoms with van der Waals surface area (Å²) in [4.78, 5) is 0. The van der Waals surface area contributed by atoms with Gasteiger partial charge in [0.25, 0.3) is 0 Å². The van der Waals surface area contributed by atoms with Gasteiger partial charge >= 0.3 is 0 Å². The van der Waals surface area contributed by atoms with Crippen LogP contribution in [0.15, 0.2) is 22.6 Å². The van der Waals surface area contributed by atoms with Gasteiger partial charge in [-0.25, -0.2) is 0 Å². The molecule has 1 N–H and O–H groups in total. The quantitative estimate of drug-likeness (QED) is 0.454. The van der Waals surface area contributed by atoms with Crippen LogP contribution in [0.25, 0.3) is 0 Å². The van der Waals surface area contributed by atoms with Gasteiger partial charge in [0.1, 0.15) is 0 Å². The van der Waals surface area contributed by atoms with Crippen LogP contribution in [0.2, 0.25) is 0 Å². The highest BCUT2D eigenvalue weighted by Crippen LogP contribution is 1.79. The van der Waals surface area contributed by atoms with E-state index in [4.69, 9.17) is 0 Å². The summed E-state index contributed by atoms with van der Waals surface area (Å²) in [6, 6.07) is 0. The Bertz CT molecular complexity index is 64.0. The van der Waals surface area contributed by atoms with Gasteiger partial charge in [0, 0.05) is 6.20 Å². The molecular formula is C3H5N3. The molecule has 6 heavy (non-hydrogen) atoms. The average molecular weight is 83.1 g/mol. The molecule has 0 bridgehead atoms. The summed E-state index contributed by atoms with van der Waals surface area (Å²) in [6.07, 6.45) is 3.65. The second-order valence-electron chi connectivity index (χ2n) is 0.955. The predicted octanol–water partition coefficient (Wildman–Crippen LogP) is 0.471. The molecule has 0 saturated carbocycles. The first kappa shape index (κ1) is 3.33. The lowest BCUT2D eigenvalue weighted by Crippen LogP contribution is -1.95. The van der Waals surface area contributed by atoms with Crippen molar-refractivity contribution in [2.75, 3.05) is 6.54 Å². The monoisotopic (exact) mass is 83.0 g/mol. The summed E-state index contributed by atoms with van der Waals surface area (Å²) in [7, 11) is 0. The van der Waals surface area contributed by atoms with Gasteiger partial charge in [-0.15, -0.1) is 0 Å². The molecule has 1 heterocycles. The summed E-state index contributed by atoms with van der Waals surface area (Å²) in [5.74, 6) is 0. The number of nitrogens with one attached hydrogen (secondary N) is 1. The lowest BCUT2D eigenvalue weighted by atomic mass is 10.6. The highest BCUT2D eigenvalue weighted by Gasteiger charge is 1.75. The third kappa shape index (κ3) is 0.544. The van der Waals surface area contributed by atoms with Gasteiger partial charge in [0.2, 0.25) is 0 Å². The standard InChI is InChI=1S/C3H5N3/c1-2-4-6-5-3-1/h1-2H,3H2,(H,4,5). The van der Waals surface area contributed by atoms with Crippen LogP contribution in [0.5, 0.6) is 0 Å². The van der Waals surface area contributed by atoms with Gasteiger partial charge in [0.15, 0.2) is 0 Å². The SMILES string of the molecule is C1=CNN=NC1. The molecule has 0 aromatic heterocycles. The van der Waals surface area contributed by atoms with E-state index in [1.807, 2.05) is 6.08 Å². The molecule has 0 aliphatic carbocycles. The van der Waals surface area contributed by atoms with Crippen molar-refractivity contribution in [2.45, 2.75) is 0 Å². The van der Waals surface area contributed by atoms with Crippen LogP contribution < -0.4 is 5.43 Å². The Morgan fingerprint density at radius 2 is 2.67 bits per heavy atom. The van der Waals surface area contributed by atoms with E-state index in [-0.39, 0.29) is 0 Å². The summed E-state index contributed by atoms with van der Waals surface area (Å²) in [5, 5.41) is 7.07. The summed E-state index contributed by atoms with van der Waals surface area (Å²) < 4.78 is 0. The molecule has 0 aromatic carbocycles. The zero-order chi connectivity index (χ0) is 4.24. The first-order chi connectivity index (χ1) is 3.00. The maximum atomic E-state index is 3.60. The molecular weight excluding hydrogens is 78.1 g/mol. The number of hydrogen-bond acceptors (Lipinski definition) is 3. The van der Waals surface area contributed by atoms with E-state index < -0.39 is 0 Å². The molecule has 0 radical (unpaired) electrons. The van der Waals surface area contributed by atoms with Gasteiger partial charge in [-0.1, -0.05) is 5.22 Å². The molecule has 0 spiro atoms. The van der Waals surface area contributed by atoms with Crippen LogP contribution in [-0.4, -0.2) is 6.54 Å². The van der Waals surface area contributed by atoms with Gasteiger partial charge in [-0.3, -0.25) is 5.43 Å². The molecule has 1 rings (SSSR count). The Morgan fingerprint density at radius 3 is 2.83 bits per heavy atom. The van der Waals surface area contributed by atoms with E-state index >= 15 is 0 Å². The third-order valence-corrected chi connectivity index (χ3v) is 0.508. The minimum atomic E-state index is 0.715. The molecule has 1 aliphatic heterocycles. The van der Waals surface area contributed by atoms with E-state index in [9.17, 15) is 0 Å². The van der Waals surface area contributed by atoms with E-state index in [1.165, 1.54) is 0 Å². The lowest BCUT2D eigenvalue weighted by molar-refractivity contribution is 0.797. The second-order valence-corrected chi connectivity index (χ2v) is 0.955. The van der Waals surface area contributed by atoms with Crippen LogP contribution in [0.1, 0.15) is 0 Å². The van der Waals surface area contributed by atoms with Crippen molar-refractivity contribution in [1.29, 1.82) is 0 Å². The fraction of sp³-hybridized carbons (Fsp3) is 0.333. The van der Waals surface area contributed by atoms with E-state index in [0.717, 1.165) is 0 Å². The van der Waals surface area contributed by atoms with Crippen LogP contribution in [0.4, 0.5) is 0 Å². The Hall–Kier alpha value is -0.860. The maximum absolute atomic E-state index is 3.60. The van der Waals surface area contributed by atoms with Crippen molar-refractivity contribution >= 4 is 0 Å². The molecule has 0 atom stereocenters. The van der Waals surface area contributed by atoms with Crippen molar-refractivity contribution in [1.82, 2.24) is 5.43 Å². The molecule has 0 amide bonds. The third-order valence-electron chi connectivity index (χ3n) is 0.508. The molecule has 0 aromatic rings. The first-order valence-corrected chi connectivity index (χ1v) is 1.77. The van der Waals surface area contributed by atoms with E-state index in [2.05, 4.69) is 15.8 Å². The van der Waals surface area contributed by atoms with Gasteiger partial charge in [-0.2, -0.15) is 5.11 Å². The van der Waals surface area contributed by atoms with Crippen LogP contribution in [-0.2, 0) is 0 Å². The van der Waals surface area contributed by atoms with Crippen molar-refractivity contribution in [2.24, 2.45) is 10.3 Å². The van der Waals surface area contributed by atoms with E-state index in [1.54, 1.807) is 6.20 Å². The Balaban J connectivity index is 2.40. The summed E-state index contributed by atoms with van der Waals surface area (Å²) in [5.41, 5.74) is 2.56. The lowest BCUT2D eigenvalue weighted by Gasteiger charge is -1.90. The minimum Gasteiger partial charge on any atom is -0.268 e. The molecule has 1 aliphatic rings. The highest BCUT2D eigenvalue weighted by atomic mass is 15.4. The second kappa shape index (κ2) is 1.55. The summed E-state index contributed by atoms with van der Waals surface area (Å²) in [6.45, 7) is 0.715. The van der Waals surface area contributed by atoms with Crippen molar-refractivity contribution in [3.63, 3.8) is 0 Å². The fourth-order valence-corrected chi connectivity index (χ4v) is 0.268. The zero-order valence-electron chi connectivity index (χ0n) is 3.26. The topological polar surface area (TPSA) is 36.8 Å². The number of hydrogen-bond donors (Lipinski definition) is 1. The van der Waals surface area contributed by atoms with Crippen LogP contribution in [0, 0.1) is 0 Å². The largest absolute Gasteiger partial charge is 0.268 e. The number of nitrogens with zero attached hydrogens (tertiary/aromatic N) is 2. The van der Waals surface area contributed by atoms with Gasteiger partial charge in [-0.05, 0) is 6.08 Å². The average Bonchev–Trinajstić information content (AvgIpc) is 1.72. The minimum absolute atomic E-state index is 0.715. The Kier molecular flexibility index (Phi) is 0.859. The highest BCUT2D eigenvalue weighted by molar-refractivity contribution is 4.81. The first-order valence-electron chi connectivity index (χ1n) is 1.77. The Labute approximate surface area is 35.7 Å². The van der Waals surface area contributed by atoms with Gasteiger partial charge in [0.05, 0.1) is 6.54 Å². The van der Waals surface area contributed by atoms with Crippen molar-refractivity contribution < 1.29 is 0 Å². The molecule has 0 fully saturated rings. The smallest absolute Gasteiger partial charge is 0.0818 e. The van der Waals surface area contributed by atoms with Gasteiger partial charge < -0.3 is 0 Å². The van der Waals surface area contributed by atoms with Crippen molar-refractivity contribution in [3.8, 4) is 0 Å². The molecule has 3 heteroatoms. The Morgan fingerprint density at radius 1 is 1.67 bits per heavy atom. The van der Waals surface area contributed by atoms with E-state index in [0.29, 0.717) is 6.54 Å². The zero-order valence-corrected chi connectivity index (χ0v) is 3.26. The maximum Gasteiger partial charge on any atom is 0.0818 e. The number of rotatable bonds is 0. The molecule has 3 nitrogen and oxygen atoms in total. The summed E-state index contributed by atoms with van der Waals surface area (Å²) >= 11 is 0. The molecule has 0 saturated heterocycles.